The minimum atomic E-state index is -0.325. The number of hydrogen-bond acceptors (Lipinski definition) is 4. The van der Waals surface area contributed by atoms with Gasteiger partial charge in [-0.1, -0.05) is 6.07 Å². The van der Waals surface area contributed by atoms with Crippen LogP contribution in [0.5, 0.6) is 5.75 Å². The zero-order chi connectivity index (χ0) is 21.7. The number of nitrogens with zero attached hydrogens (tertiary/aromatic N) is 4. The predicted octanol–water partition coefficient (Wildman–Crippen LogP) is 3.49. The van der Waals surface area contributed by atoms with Crippen molar-refractivity contribution in [3.8, 4) is 5.75 Å². The monoisotopic (exact) mass is 544 g/mol. The van der Waals surface area contributed by atoms with Gasteiger partial charge in [0, 0.05) is 32.4 Å². The highest BCUT2D eigenvalue weighted by molar-refractivity contribution is 14.0. The van der Waals surface area contributed by atoms with E-state index in [0.717, 1.165) is 11.1 Å². The second-order valence-corrected chi connectivity index (χ2v) is 8.19. The summed E-state index contributed by atoms with van der Waals surface area (Å²) in [6.45, 7) is 3.24. The lowest BCUT2D eigenvalue weighted by molar-refractivity contribution is 0.285. The van der Waals surface area contributed by atoms with E-state index in [0.29, 0.717) is 30.8 Å². The molecule has 1 saturated carbocycles. The molecule has 2 N–H and O–H groups in total. The summed E-state index contributed by atoms with van der Waals surface area (Å²) in [4.78, 5) is 6.45. The lowest BCUT2D eigenvalue weighted by atomic mass is 10.1. The highest BCUT2D eigenvalue weighted by Gasteiger charge is 2.23. The zero-order valence-corrected chi connectivity index (χ0v) is 21.3. The number of likely N-dealkylation sites (N-methyl/N-ethyl adjacent to an activating group) is 1. The van der Waals surface area contributed by atoms with Crippen molar-refractivity contribution in [3.05, 3.63) is 47.5 Å². The third kappa shape index (κ3) is 7.34. The Morgan fingerprint density at radius 2 is 2.10 bits per heavy atom. The lowest BCUT2D eigenvalue weighted by Gasteiger charge is -2.25. The number of hydrogen-bond donors (Lipinski definition) is 2. The number of aromatic nitrogens is 2. The van der Waals surface area contributed by atoms with Gasteiger partial charge in [-0.25, -0.2) is 4.39 Å². The third-order valence-corrected chi connectivity index (χ3v) is 5.40. The molecule has 1 aromatic carbocycles. The van der Waals surface area contributed by atoms with E-state index in [4.69, 9.17) is 4.74 Å². The molecule has 0 radical (unpaired) electrons. The van der Waals surface area contributed by atoms with E-state index in [1.54, 1.807) is 17.8 Å². The van der Waals surface area contributed by atoms with Crippen molar-refractivity contribution < 1.29 is 9.13 Å². The van der Waals surface area contributed by atoms with Gasteiger partial charge in [-0.2, -0.15) is 5.10 Å². The van der Waals surface area contributed by atoms with Crippen LogP contribution in [0.25, 0.3) is 0 Å². The first-order valence-electron chi connectivity index (χ1n) is 10.4. The first-order chi connectivity index (χ1) is 14.4. The summed E-state index contributed by atoms with van der Waals surface area (Å²) in [5.74, 6) is 1.25. The van der Waals surface area contributed by atoms with E-state index in [9.17, 15) is 4.39 Å². The van der Waals surface area contributed by atoms with Gasteiger partial charge >= 0.3 is 0 Å². The molecule has 1 aliphatic carbocycles. The highest BCUT2D eigenvalue weighted by Crippen LogP contribution is 2.30. The average molecular weight is 544 g/mol. The van der Waals surface area contributed by atoms with Crippen molar-refractivity contribution >= 4 is 29.9 Å². The smallest absolute Gasteiger partial charge is 0.191 e. The fourth-order valence-electron chi connectivity index (χ4n) is 3.28. The van der Waals surface area contributed by atoms with Gasteiger partial charge in [0.15, 0.2) is 17.5 Å². The molecule has 1 aromatic heterocycles. The molecule has 7 nitrogen and oxygen atoms in total. The van der Waals surface area contributed by atoms with E-state index < -0.39 is 0 Å². The van der Waals surface area contributed by atoms with Gasteiger partial charge < -0.3 is 20.3 Å². The molecule has 3 rings (SSSR count). The molecule has 0 aliphatic heterocycles. The molecule has 1 heterocycles. The second kappa shape index (κ2) is 11.7. The molecule has 0 saturated heterocycles. The Kier molecular flexibility index (Phi) is 9.54. The first kappa shape index (κ1) is 25.4. The largest absolute Gasteiger partial charge is 0.490 e. The van der Waals surface area contributed by atoms with Crippen LogP contribution in [0, 0.1) is 11.7 Å². The molecule has 1 fully saturated rings. The van der Waals surface area contributed by atoms with E-state index in [-0.39, 0.29) is 41.9 Å². The number of rotatable bonds is 9. The van der Waals surface area contributed by atoms with E-state index in [2.05, 4.69) is 25.6 Å². The minimum Gasteiger partial charge on any atom is -0.490 e. The zero-order valence-electron chi connectivity index (χ0n) is 18.9. The predicted molar refractivity (Wildman–Crippen MR) is 133 cm³/mol. The van der Waals surface area contributed by atoms with Crippen molar-refractivity contribution in [2.45, 2.75) is 31.8 Å². The number of halogens is 2. The van der Waals surface area contributed by atoms with Crippen LogP contribution in [0.15, 0.2) is 35.6 Å². The van der Waals surface area contributed by atoms with Crippen LogP contribution in [-0.2, 0) is 7.05 Å². The van der Waals surface area contributed by atoms with Gasteiger partial charge in [0.05, 0.1) is 24.9 Å². The number of ether oxygens (including phenoxy) is 1. The third-order valence-electron chi connectivity index (χ3n) is 5.40. The van der Waals surface area contributed by atoms with Crippen molar-refractivity contribution in [1.82, 2.24) is 25.3 Å². The Bertz CT molecular complexity index is 867. The van der Waals surface area contributed by atoms with E-state index in [1.165, 1.54) is 18.9 Å². The summed E-state index contributed by atoms with van der Waals surface area (Å²) in [6, 6.07) is 5.18. The van der Waals surface area contributed by atoms with Crippen LogP contribution in [0.4, 0.5) is 4.39 Å². The Hall–Kier alpha value is -1.88. The number of nitrogens with one attached hydrogen (secondary N) is 2. The summed E-state index contributed by atoms with van der Waals surface area (Å²) in [6.07, 6.45) is 6.26. The van der Waals surface area contributed by atoms with Crippen LogP contribution in [0.2, 0.25) is 0 Å². The molecular formula is C22H34FIN6O. The lowest BCUT2D eigenvalue weighted by Crippen LogP contribution is -2.42. The fourth-order valence-corrected chi connectivity index (χ4v) is 3.28. The maximum absolute atomic E-state index is 14.4. The molecular weight excluding hydrogens is 510 g/mol. The number of benzene rings is 1. The van der Waals surface area contributed by atoms with Crippen LogP contribution >= 0.6 is 24.0 Å². The molecule has 1 aliphatic rings. The number of aliphatic imine (C=N–C) groups is 1. The standard InChI is InChI=1S/C22H33FN6O.HI/c1-15(17-8-9-21(19(23)10-17)30-14-16-6-7-16)27-22(24-2)25-12-20(28(3)4)18-11-26-29(5)13-18;/h8-11,13,15-16,20H,6-7,12,14H2,1-5H3,(H2,24,25,27);1H. The van der Waals surface area contributed by atoms with Gasteiger partial charge in [-0.15, -0.1) is 24.0 Å². The molecule has 2 atom stereocenters. The number of aryl methyl sites for hydroxylation is 1. The van der Waals surface area contributed by atoms with Crippen molar-refractivity contribution in [2.24, 2.45) is 18.0 Å². The van der Waals surface area contributed by atoms with E-state index in [1.807, 2.05) is 46.5 Å². The Balaban J connectivity index is 0.00000341. The molecule has 0 bridgehead atoms. The maximum Gasteiger partial charge on any atom is 0.191 e. The van der Waals surface area contributed by atoms with Gasteiger partial charge in [0.25, 0.3) is 0 Å². The molecule has 0 spiro atoms. The molecule has 9 heteroatoms. The fraction of sp³-hybridized carbons (Fsp3) is 0.545. The molecule has 2 aromatic rings. The molecule has 0 amide bonds. The van der Waals surface area contributed by atoms with Crippen molar-refractivity contribution in [2.75, 3.05) is 34.3 Å². The second-order valence-electron chi connectivity index (χ2n) is 8.19. The normalized spacial score (nSPS) is 15.9. The van der Waals surface area contributed by atoms with Gasteiger partial charge in [-0.3, -0.25) is 9.67 Å². The summed E-state index contributed by atoms with van der Waals surface area (Å²) in [7, 11) is 7.71. The van der Waals surface area contributed by atoms with Crippen LogP contribution in [0.1, 0.15) is 43.0 Å². The summed E-state index contributed by atoms with van der Waals surface area (Å²) in [5, 5.41) is 11.0. The topological polar surface area (TPSA) is 66.7 Å². The van der Waals surface area contributed by atoms with Gasteiger partial charge in [0.1, 0.15) is 0 Å². The summed E-state index contributed by atoms with van der Waals surface area (Å²) in [5.41, 5.74) is 1.97. The Morgan fingerprint density at radius 3 is 2.65 bits per heavy atom. The van der Waals surface area contributed by atoms with Crippen LogP contribution in [-0.4, -0.2) is 54.9 Å². The average Bonchev–Trinajstić information content (AvgIpc) is 3.45. The van der Waals surface area contributed by atoms with Gasteiger partial charge in [0.2, 0.25) is 0 Å². The minimum absolute atomic E-state index is 0. The summed E-state index contributed by atoms with van der Waals surface area (Å²) >= 11 is 0. The molecule has 2 unspecified atom stereocenters. The Labute approximate surface area is 201 Å². The highest BCUT2D eigenvalue weighted by atomic mass is 127. The van der Waals surface area contributed by atoms with Crippen molar-refractivity contribution in [3.63, 3.8) is 0 Å². The SMILES string of the molecule is CN=C(NCC(c1cnn(C)c1)N(C)C)NC(C)c1ccc(OCC2CC2)c(F)c1.I. The first-order valence-corrected chi connectivity index (χ1v) is 10.4. The van der Waals surface area contributed by atoms with Crippen LogP contribution < -0.4 is 15.4 Å². The quantitative estimate of drug-likeness (QED) is 0.288. The summed E-state index contributed by atoms with van der Waals surface area (Å²) < 4.78 is 21.8. The Morgan fingerprint density at radius 1 is 1.35 bits per heavy atom. The van der Waals surface area contributed by atoms with Gasteiger partial charge in [-0.05, 0) is 57.5 Å². The molecule has 31 heavy (non-hydrogen) atoms. The van der Waals surface area contributed by atoms with E-state index >= 15 is 0 Å². The van der Waals surface area contributed by atoms with Crippen molar-refractivity contribution in [1.29, 1.82) is 0 Å². The maximum atomic E-state index is 14.4. The van der Waals surface area contributed by atoms with Crippen LogP contribution in [0.3, 0.4) is 0 Å². The number of guanidine groups is 1. The molecule has 172 valence electrons.